The van der Waals surface area contributed by atoms with Crippen molar-refractivity contribution in [1.82, 2.24) is 5.32 Å². The Morgan fingerprint density at radius 1 is 0.660 bits per heavy atom. The van der Waals surface area contributed by atoms with Crippen LogP contribution in [0.25, 0.3) is 0 Å². The molecule has 3 N–H and O–H groups in total. The molecule has 0 aliphatic rings. The number of hydrogen-bond acceptors (Lipinski definition) is 5. The van der Waals surface area contributed by atoms with E-state index in [1.807, 2.05) is 27.2 Å². The molecule has 0 aromatic heterocycles. The Hall–Kier alpha value is -1.28. The van der Waals surface area contributed by atoms with E-state index in [2.05, 4.69) is 36.5 Å². The van der Waals surface area contributed by atoms with Crippen molar-refractivity contribution >= 4 is 13.7 Å². The summed E-state index contributed by atoms with van der Waals surface area (Å²) in [6.07, 6.45) is 43.0. The Morgan fingerprint density at radius 2 is 1.06 bits per heavy atom. The summed E-state index contributed by atoms with van der Waals surface area (Å²) in [6, 6.07) is -0.868. The Bertz CT molecular complexity index is 917. The number of unbranched alkanes of at least 4 members (excludes halogenated alkanes) is 21. The Balaban J connectivity index is 3.76. The fourth-order valence-corrected chi connectivity index (χ4v) is 6.43. The van der Waals surface area contributed by atoms with Crippen LogP contribution in [0.1, 0.15) is 168 Å². The Morgan fingerprint density at radius 3 is 1.48 bits per heavy atom. The summed E-state index contributed by atoms with van der Waals surface area (Å²) < 4.78 is 22.8. The smallest absolute Gasteiger partial charge is 0.387 e. The predicted molar refractivity (Wildman–Crippen MR) is 212 cm³/mol. The molecule has 0 aromatic carbocycles. The summed E-state index contributed by atoms with van der Waals surface area (Å²) in [5.74, 6) is -0.368. The van der Waals surface area contributed by atoms with Crippen LogP contribution in [-0.2, 0) is 18.4 Å². The average molecular weight is 728 g/mol. The second kappa shape index (κ2) is 33.5. The fraction of sp³-hybridized carbons (Fsp3) is 0.829. The molecule has 0 radical (unpaired) electrons. The molecule has 0 rings (SSSR count). The lowest BCUT2D eigenvalue weighted by molar-refractivity contribution is -0.870. The number of aliphatic hydroxyl groups excluding tert-OH is 1. The number of nitrogens with one attached hydrogen (secondary N) is 1. The number of likely N-dealkylation sites (N-methyl/N-ethyl adjacent to an activating group) is 1. The van der Waals surface area contributed by atoms with Gasteiger partial charge >= 0.3 is 7.82 Å². The molecule has 3 atom stereocenters. The molecule has 0 aromatic rings. The molecule has 0 spiro atoms. The molecule has 0 aliphatic carbocycles. The first-order chi connectivity index (χ1) is 24.0. The van der Waals surface area contributed by atoms with E-state index < -0.39 is 20.0 Å². The van der Waals surface area contributed by atoms with E-state index in [1.54, 1.807) is 6.08 Å². The minimum Gasteiger partial charge on any atom is -0.387 e. The molecule has 3 unspecified atom stereocenters. The van der Waals surface area contributed by atoms with Gasteiger partial charge in [-0.15, -0.1) is 0 Å². The van der Waals surface area contributed by atoms with E-state index in [0.717, 1.165) is 25.7 Å². The third-order valence-electron chi connectivity index (χ3n) is 8.88. The second-order valence-electron chi connectivity index (χ2n) is 15.1. The maximum atomic E-state index is 12.2. The first kappa shape index (κ1) is 48.7. The van der Waals surface area contributed by atoms with Crippen LogP contribution in [-0.4, -0.2) is 73.4 Å². The van der Waals surface area contributed by atoms with Crippen LogP contribution in [0.15, 0.2) is 36.5 Å². The van der Waals surface area contributed by atoms with Crippen molar-refractivity contribution in [3.8, 4) is 0 Å². The van der Waals surface area contributed by atoms with Crippen LogP contribution in [0.4, 0.5) is 0 Å². The summed E-state index contributed by atoms with van der Waals surface area (Å²) in [4.78, 5) is 21.5. The van der Waals surface area contributed by atoms with E-state index >= 15 is 0 Å². The molecule has 0 saturated carbocycles. The first-order valence-corrected chi connectivity index (χ1v) is 21.8. The highest BCUT2D eigenvalue weighted by atomic mass is 31.2. The van der Waals surface area contributed by atoms with Gasteiger partial charge in [-0.1, -0.05) is 159 Å². The summed E-state index contributed by atoms with van der Waals surface area (Å²) >= 11 is 0. The van der Waals surface area contributed by atoms with Gasteiger partial charge in [-0.05, 0) is 38.5 Å². The zero-order chi connectivity index (χ0) is 37.2. The Kier molecular flexibility index (Phi) is 32.7. The normalized spacial score (nSPS) is 14.9. The van der Waals surface area contributed by atoms with Crippen molar-refractivity contribution in [2.75, 3.05) is 40.9 Å². The fourth-order valence-electron chi connectivity index (χ4n) is 5.70. The van der Waals surface area contributed by atoms with Gasteiger partial charge in [0.25, 0.3) is 0 Å². The summed E-state index contributed by atoms with van der Waals surface area (Å²) in [6.45, 7) is 3.84. The van der Waals surface area contributed by atoms with E-state index in [0.29, 0.717) is 11.0 Å². The topological polar surface area (TPSA) is 105 Å². The average Bonchev–Trinajstić information content (AvgIpc) is 3.05. The van der Waals surface area contributed by atoms with Gasteiger partial charge in [0.05, 0.1) is 39.9 Å². The number of amides is 1. The maximum absolute atomic E-state index is 12.2. The maximum Gasteiger partial charge on any atom is 0.472 e. The number of allylic oxidation sites excluding steroid dienone is 5. The van der Waals surface area contributed by atoms with Gasteiger partial charge in [0.2, 0.25) is 5.91 Å². The van der Waals surface area contributed by atoms with Crippen molar-refractivity contribution < 1.29 is 32.9 Å². The van der Waals surface area contributed by atoms with Crippen LogP contribution < -0.4 is 5.32 Å². The number of carbonyl (C=O) groups excluding carboxylic acids is 1. The zero-order valence-electron chi connectivity index (χ0n) is 33.1. The van der Waals surface area contributed by atoms with Crippen molar-refractivity contribution in [3.63, 3.8) is 0 Å². The Labute approximate surface area is 308 Å². The summed E-state index contributed by atoms with van der Waals surface area (Å²) in [7, 11) is 1.53. The lowest BCUT2D eigenvalue weighted by Gasteiger charge is -2.25. The number of rotatable bonds is 36. The highest BCUT2D eigenvalue weighted by Crippen LogP contribution is 2.43. The molecular weight excluding hydrogens is 647 g/mol. The number of phosphoric ester groups is 1. The number of aliphatic hydroxyl groups is 1. The molecule has 1 amide bonds. The lowest BCUT2D eigenvalue weighted by atomic mass is 10.0. The first-order valence-electron chi connectivity index (χ1n) is 20.3. The molecule has 0 saturated heterocycles. The third-order valence-corrected chi connectivity index (χ3v) is 9.86. The van der Waals surface area contributed by atoms with Gasteiger partial charge in [0, 0.05) is 6.92 Å². The molecule has 8 nitrogen and oxygen atoms in total. The monoisotopic (exact) mass is 728 g/mol. The van der Waals surface area contributed by atoms with Crippen molar-refractivity contribution in [1.29, 1.82) is 0 Å². The molecule has 0 bridgehead atoms. The zero-order valence-corrected chi connectivity index (χ0v) is 34.0. The van der Waals surface area contributed by atoms with E-state index in [4.69, 9.17) is 9.05 Å². The van der Waals surface area contributed by atoms with Crippen LogP contribution in [0.2, 0.25) is 0 Å². The highest BCUT2D eigenvalue weighted by Gasteiger charge is 2.27. The lowest BCUT2D eigenvalue weighted by Crippen LogP contribution is -2.44. The minimum atomic E-state index is -4.30. The number of hydrogen-bond donors (Lipinski definition) is 3. The van der Waals surface area contributed by atoms with Crippen molar-refractivity contribution in [3.05, 3.63) is 36.5 Å². The quantitative estimate of drug-likeness (QED) is 0.0257. The van der Waals surface area contributed by atoms with Crippen molar-refractivity contribution in [2.45, 2.75) is 180 Å². The molecular formula is C41H80N2O6P+. The second-order valence-corrected chi connectivity index (χ2v) is 16.5. The van der Waals surface area contributed by atoms with Crippen LogP contribution >= 0.6 is 7.82 Å². The summed E-state index contributed by atoms with van der Waals surface area (Å²) in [5.41, 5.74) is 0. The molecule has 50 heavy (non-hydrogen) atoms. The van der Waals surface area contributed by atoms with Gasteiger partial charge < -0.3 is 19.8 Å². The van der Waals surface area contributed by atoms with E-state index in [9.17, 15) is 19.4 Å². The van der Waals surface area contributed by atoms with Gasteiger partial charge in [-0.2, -0.15) is 0 Å². The van der Waals surface area contributed by atoms with Crippen molar-refractivity contribution in [2.24, 2.45) is 0 Å². The van der Waals surface area contributed by atoms with Crippen LogP contribution in [0.3, 0.4) is 0 Å². The highest BCUT2D eigenvalue weighted by molar-refractivity contribution is 7.47. The van der Waals surface area contributed by atoms with E-state index in [1.165, 1.54) is 135 Å². The molecule has 294 valence electrons. The molecule has 9 heteroatoms. The van der Waals surface area contributed by atoms with Gasteiger partial charge in [-0.25, -0.2) is 4.57 Å². The number of phosphoric acid groups is 1. The number of nitrogens with zero attached hydrogens (tertiary/aromatic N) is 1. The summed E-state index contributed by atoms with van der Waals surface area (Å²) in [5, 5.41) is 13.1. The third kappa shape index (κ3) is 36.5. The predicted octanol–water partition coefficient (Wildman–Crippen LogP) is 10.7. The van der Waals surface area contributed by atoms with Gasteiger partial charge in [0.1, 0.15) is 13.2 Å². The van der Waals surface area contributed by atoms with Gasteiger partial charge in [0.15, 0.2) is 0 Å². The minimum absolute atomic E-state index is 0.0496. The largest absolute Gasteiger partial charge is 0.472 e. The molecule has 0 fully saturated rings. The number of carbonyl (C=O) groups is 1. The molecule has 0 aliphatic heterocycles. The number of quaternary nitrogens is 1. The van der Waals surface area contributed by atoms with Gasteiger partial charge in [-0.3, -0.25) is 13.8 Å². The van der Waals surface area contributed by atoms with Crippen LogP contribution in [0, 0.1) is 0 Å². The van der Waals surface area contributed by atoms with Crippen LogP contribution in [0.5, 0.6) is 0 Å². The standard InChI is InChI=1S/C41H79N2O6P/c1-6-7-8-9-10-11-12-13-14-15-16-17-18-19-20-21-22-23-24-25-26-27-28-29-30-31-32-33-34-35-41(45)40(42-39(2)44)38-49-50(46,47)48-37-36-43(3,4)5/h26-27,30-31,34-35,40-41,45H,6-25,28-29,32-33,36-38H2,1-5H3,(H-,42,44,46,47)/p+1/b27-26+,31-30+,35-34+. The molecule has 0 heterocycles. The SMILES string of the molecule is CCCCCCCCCCCCCCCCCCCCC/C=C/CC/C=C/CC/C=C/C(O)C(COP(=O)(O)OCC[N+](C)(C)C)NC(C)=O. The van der Waals surface area contributed by atoms with E-state index in [-0.39, 0.29) is 19.1 Å².